The highest BCUT2D eigenvalue weighted by atomic mass is 32.2. The number of oxime groups is 1. The van der Waals surface area contributed by atoms with Crippen molar-refractivity contribution in [3.63, 3.8) is 0 Å². The number of amidine groups is 1. The highest BCUT2D eigenvalue weighted by Gasteiger charge is 2.10. The Hall–Kier alpha value is -1.63. The molecule has 6 nitrogen and oxygen atoms in total. The normalized spacial score (nSPS) is 12.8. The smallest absolute Gasteiger partial charge is 0.188 e. The van der Waals surface area contributed by atoms with Crippen LogP contribution in [0.2, 0.25) is 0 Å². The SMILES string of the molecule is Cc1nc(C(N)=NO)ccc1CS(C)(=O)=O. The van der Waals surface area contributed by atoms with E-state index in [4.69, 9.17) is 10.9 Å². The number of nitrogens with zero attached hydrogens (tertiary/aromatic N) is 2. The summed E-state index contributed by atoms with van der Waals surface area (Å²) in [6, 6.07) is 3.12. The first-order chi connectivity index (χ1) is 7.33. The van der Waals surface area contributed by atoms with Crippen LogP contribution in [0.15, 0.2) is 17.3 Å². The first-order valence-corrected chi connectivity index (χ1v) is 6.51. The van der Waals surface area contributed by atoms with Crippen molar-refractivity contribution in [2.24, 2.45) is 10.9 Å². The molecule has 0 aliphatic heterocycles. The van der Waals surface area contributed by atoms with Crippen LogP contribution in [-0.4, -0.2) is 30.7 Å². The lowest BCUT2D eigenvalue weighted by molar-refractivity contribution is 0.318. The second-order valence-electron chi connectivity index (χ2n) is 3.50. The van der Waals surface area contributed by atoms with Crippen molar-refractivity contribution < 1.29 is 13.6 Å². The van der Waals surface area contributed by atoms with Crippen molar-refractivity contribution in [3.8, 4) is 0 Å². The van der Waals surface area contributed by atoms with Crippen LogP contribution < -0.4 is 5.73 Å². The maximum Gasteiger partial charge on any atom is 0.188 e. The van der Waals surface area contributed by atoms with E-state index in [-0.39, 0.29) is 11.6 Å². The topological polar surface area (TPSA) is 106 Å². The molecule has 0 spiro atoms. The molecule has 7 heteroatoms. The van der Waals surface area contributed by atoms with E-state index in [0.717, 1.165) is 6.26 Å². The molecule has 0 amide bonds. The molecule has 0 radical (unpaired) electrons. The van der Waals surface area contributed by atoms with Gasteiger partial charge in [-0.1, -0.05) is 11.2 Å². The Bertz CT molecular complexity index is 523. The van der Waals surface area contributed by atoms with Gasteiger partial charge < -0.3 is 10.9 Å². The molecule has 16 heavy (non-hydrogen) atoms. The Morgan fingerprint density at radius 1 is 1.56 bits per heavy atom. The van der Waals surface area contributed by atoms with Crippen LogP contribution in [0.25, 0.3) is 0 Å². The summed E-state index contributed by atoms with van der Waals surface area (Å²) in [7, 11) is -3.09. The lowest BCUT2D eigenvalue weighted by Gasteiger charge is -2.05. The maximum absolute atomic E-state index is 11.1. The summed E-state index contributed by atoms with van der Waals surface area (Å²) in [6.07, 6.45) is 1.16. The summed E-state index contributed by atoms with van der Waals surface area (Å²) in [4.78, 5) is 4.05. The third-order valence-electron chi connectivity index (χ3n) is 1.98. The molecular formula is C9H13N3O3S. The molecule has 0 aliphatic carbocycles. The van der Waals surface area contributed by atoms with Crippen molar-refractivity contribution in [1.82, 2.24) is 4.98 Å². The first kappa shape index (κ1) is 12.4. The van der Waals surface area contributed by atoms with Gasteiger partial charge in [-0.15, -0.1) is 0 Å². The first-order valence-electron chi connectivity index (χ1n) is 4.45. The van der Waals surface area contributed by atoms with Crippen molar-refractivity contribution >= 4 is 15.7 Å². The van der Waals surface area contributed by atoms with Gasteiger partial charge in [-0.2, -0.15) is 0 Å². The van der Waals surface area contributed by atoms with Crippen LogP contribution >= 0.6 is 0 Å². The van der Waals surface area contributed by atoms with Crippen LogP contribution in [-0.2, 0) is 15.6 Å². The van der Waals surface area contributed by atoms with Crippen molar-refractivity contribution in [2.75, 3.05) is 6.26 Å². The predicted molar refractivity (Wildman–Crippen MR) is 60.0 cm³/mol. The Kier molecular flexibility index (Phi) is 3.48. The van der Waals surface area contributed by atoms with Crippen LogP contribution in [0.1, 0.15) is 17.0 Å². The predicted octanol–water partition coefficient (Wildman–Crippen LogP) is 0.0291. The molecule has 0 saturated carbocycles. The molecule has 0 aromatic carbocycles. The van der Waals surface area contributed by atoms with Crippen molar-refractivity contribution in [2.45, 2.75) is 12.7 Å². The number of aromatic nitrogens is 1. The van der Waals surface area contributed by atoms with E-state index in [0.29, 0.717) is 17.0 Å². The number of hydrogen-bond acceptors (Lipinski definition) is 5. The van der Waals surface area contributed by atoms with Crippen LogP contribution in [0, 0.1) is 6.92 Å². The minimum absolute atomic E-state index is 0.0672. The molecule has 88 valence electrons. The summed E-state index contributed by atoms with van der Waals surface area (Å²) in [5.74, 6) is -0.170. The van der Waals surface area contributed by atoms with Crippen LogP contribution in [0.4, 0.5) is 0 Å². The molecule has 1 aromatic rings. The second kappa shape index (κ2) is 4.48. The van der Waals surface area contributed by atoms with Gasteiger partial charge >= 0.3 is 0 Å². The quantitative estimate of drug-likeness (QED) is 0.337. The molecule has 0 saturated heterocycles. The molecule has 0 aliphatic rings. The summed E-state index contributed by atoms with van der Waals surface area (Å²) in [6.45, 7) is 1.68. The fourth-order valence-corrected chi connectivity index (χ4v) is 2.09. The van der Waals surface area contributed by atoms with E-state index in [9.17, 15) is 8.42 Å². The van der Waals surface area contributed by atoms with Crippen molar-refractivity contribution in [3.05, 3.63) is 29.1 Å². The largest absolute Gasteiger partial charge is 0.409 e. The highest BCUT2D eigenvalue weighted by molar-refractivity contribution is 7.89. The molecule has 0 fully saturated rings. The van der Waals surface area contributed by atoms with E-state index in [1.165, 1.54) is 6.07 Å². The molecule has 1 rings (SSSR count). The van der Waals surface area contributed by atoms with E-state index < -0.39 is 9.84 Å². The Morgan fingerprint density at radius 3 is 2.62 bits per heavy atom. The molecule has 0 bridgehead atoms. The van der Waals surface area contributed by atoms with Crippen LogP contribution in [0.3, 0.4) is 0 Å². The van der Waals surface area contributed by atoms with Gasteiger partial charge in [0.05, 0.1) is 5.75 Å². The lowest BCUT2D eigenvalue weighted by Crippen LogP contribution is -2.16. The van der Waals surface area contributed by atoms with Gasteiger partial charge in [-0.3, -0.25) is 0 Å². The Balaban J connectivity index is 3.10. The number of hydrogen-bond donors (Lipinski definition) is 2. The third kappa shape index (κ3) is 3.20. The minimum Gasteiger partial charge on any atom is -0.409 e. The average Bonchev–Trinajstić information content (AvgIpc) is 2.18. The number of aryl methyl sites for hydroxylation is 1. The molecule has 3 N–H and O–H groups in total. The monoisotopic (exact) mass is 243 g/mol. The molecule has 1 heterocycles. The Morgan fingerprint density at radius 2 is 2.19 bits per heavy atom. The summed E-state index contributed by atoms with van der Waals surface area (Å²) in [5.41, 5.74) is 6.84. The summed E-state index contributed by atoms with van der Waals surface area (Å²) < 4.78 is 22.2. The minimum atomic E-state index is -3.09. The second-order valence-corrected chi connectivity index (χ2v) is 5.64. The fourth-order valence-electron chi connectivity index (χ4n) is 1.22. The van der Waals surface area contributed by atoms with Crippen LogP contribution in [0.5, 0.6) is 0 Å². The van der Waals surface area contributed by atoms with Gasteiger partial charge in [0.15, 0.2) is 15.7 Å². The zero-order chi connectivity index (χ0) is 12.3. The van der Waals surface area contributed by atoms with E-state index >= 15 is 0 Å². The lowest BCUT2D eigenvalue weighted by atomic mass is 10.2. The number of pyridine rings is 1. The van der Waals surface area contributed by atoms with Gasteiger partial charge in [0.2, 0.25) is 0 Å². The highest BCUT2D eigenvalue weighted by Crippen LogP contribution is 2.10. The summed E-state index contributed by atoms with van der Waals surface area (Å²) >= 11 is 0. The molecular weight excluding hydrogens is 230 g/mol. The summed E-state index contributed by atoms with van der Waals surface area (Å²) in [5, 5.41) is 11.3. The number of rotatable bonds is 3. The maximum atomic E-state index is 11.1. The molecule has 0 unspecified atom stereocenters. The standard InChI is InChI=1S/C9H13N3O3S/c1-6-7(5-16(2,14)15)3-4-8(11-6)9(10)12-13/h3-4,13H,5H2,1-2H3,(H2,10,12). The third-order valence-corrected chi connectivity index (χ3v) is 2.82. The molecule has 1 aromatic heterocycles. The Labute approximate surface area is 93.7 Å². The van der Waals surface area contributed by atoms with E-state index in [1.54, 1.807) is 13.0 Å². The van der Waals surface area contributed by atoms with Crippen molar-refractivity contribution in [1.29, 1.82) is 0 Å². The number of sulfone groups is 1. The zero-order valence-electron chi connectivity index (χ0n) is 9.01. The van der Waals surface area contributed by atoms with Gasteiger partial charge in [-0.05, 0) is 18.6 Å². The molecule has 0 atom stereocenters. The van der Waals surface area contributed by atoms with E-state index in [1.807, 2.05) is 0 Å². The number of nitrogens with two attached hydrogens (primary N) is 1. The zero-order valence-corrected chi connectivity index (χ0v) is 9.82. The van der Waals surface area contributed by atoms with Gasteiger partial charge in [-0.25, -0.2) is 13.4 Å². The van der Waals surface area contributed by atoms with Gasteiger partial charge in [0, 0.05) is 11.9 Å². The van der Waals surface area contributed by atoms with E-state index in [2.05, 4.69) is 10.1 Å². The van der Waals surface area contributed by atoms with Gasteiger partial charge in [0.1, 0.15) is 5.69 Å². The fraction of sp³-hybridized carbons (Fsp3) is 0.333. The van der Waals surface area contributed by atoms with Gasteiger partial charge in [0.25, 0.3) is 0 Å². The average molecular weight is 243 g/mol.